The number of azo groups is 1. The molecule has 0 bridgehead atoms. The molecule has 1 heterocycles. The number of aromatic nitrogens is 2. The first-order chi connectivity index (χ1) is 10.7. The number of aryl methyl sites for hydroxylation is 2. The molecule has 23 heavy (non-hydrogen) atoms. The van der Waals surface area contributed by atoms with Crippen molar-refractivity contribution in [1.82, 2.24) is 4.57 Å². The van der Waals surface area contributed by atoms with E-state index in [0.29, 0.717) is 0 Å². The zero-order chi connectivity index (χ0) is 15.5. The number of hydrogen-bond donors (Lipinski definition) is 0. The number of benzene rings is 2. The summed E-state index contributed by atoms with van der Waals surface area (Å²) in [5, 5.41) is 8.79. The molecule has 0 unspecified atom stereocenters. The molecule has 0 aliphatic heterocycles. The summed E-state index contributed by atoms with van der Waals surface area (Å²) in [4.78, 5) is 0. The quantitative estimate of drug-likeness (QED) is 0.350. The van der Waals surface area contributed by atoms with Crippen LogP contribution in [0.25, 0.3) is 11.0 Å². The van der Waals surface area contributed by atoms with Crippen LogP contribution in [0.2, 0.25) is 0 Å². The van der Waals surface area contributed by atoms with Crippen LogP contribution in [0.15, 0.2) is 58.8 Å². The van der Waals surface area contributed by atoms with E-state index >= 15 is 0 Å². The van der Waals surface area contributed by atoms with Crippen LogP contribution < -0.4 is 33.3 Å². The molecule has 3 aromatic rings. The van der Waals surface area contributed by atoms with E-state index in [4.69, 9.17) is 4.74 Å². The lowest BCUT2D eigenvalue weighted by atomic mass is 10.3. The lowest BCUT2D eigenvalue weighted by Gasteiger charge is -1.97. The minimum Gasteiger partial charge on any atom is -1.00 e. The fourth-order valence-electron chi connectivity index (χ4n) is 2.56. The smallest absolute Gasteiger partial charge is 0.422 e. The Kier molecular flexibility index (Phi) is 5.70. The van der Waals surface area contributed by atoms with Crippen molar-refractivity contribution in [3.63, 3.8) is 0 Å². The number of para-hydroxylation sites is 2. The minimum atomic E-state index is 0. The monoisotopic (exact) mass is 422 g/mol. The number of imidazole rings is 1. The van der Waals surface area contributed by atoms with Gasteiger partial charge in [-0.1, -0.05) is 17.2 Å². The molecule has 0 N–H and O–H groups in total. The fraction of sp³-hybridized carbons (Fsp3) is 0.235. The van der Waals surface area contributed by atoms with Gasteiger partial charge in [-0.25, -0.2) is 9.13 Å². The van der Waals surface area contributed by atoms with Crippen LogP contribution in [0, 0.1) is 0 Å². The van der Waals surface area contributed by atoms with Gasteiger partial charge in [-0.15, -0.1) is 0 Å². The van der Waals surface area contributed by atoms with Crippen molar-refractivity contribution in [3.8, 4) is 5.75 Å². The molecule has 0 fully saturated rings. The van der Waals surface area contributed by atoms with Crippen LogP contribution in [-0.4, -0.2) is 11.7 Å². The van der Waals surface area contributed by atoms with Crippen molar-refractivity contribution < 1.29 is 33.3 Å². The predicted molar refractivity (Wildman–Crippen MR) is 86.0 cm³/mol. The first kappa shape index (κ1) is 17.4. The van der Waals surface area contributed by atoms with E-state index in [2.05, 4.69) is 38.4 Å². The van der Waals surface area contributed by atoms with Crippen molar-refractivity contribution in [2.24, 2.45) is 17.3 Å². The van der Waals surface area contributed by atoms with Crippen LogP contribution in [-0.2, 0) is 13.6 Å². The van der Waals surface area contributed by atoms with Crippen molar-refractivity contribution >= 4 is 22.7 Å². The summed E-state index contributed by atoms with van der Waals surface area (Å²) in [5.74, 6) is 1.65. The van der Waals surface area contributed by atoms with E-state index < -0.39 is 0 Å². The van der Waals surface area contributed by atoms with Gasteiger partial charge < -0.3 is 28.7 Å². The first-order valence-corrected chi connectivity index (χ1v) is 7.27. The van der Waals surface area contributed by atoms with Crippen molar-refractivity contribution in [2.45, 2.75) is 13.5 Å². The topological polar surface area (TPSA) is 42.8 Å². The average Bonchev–Trinajstić information content (AvgIpc) is 2.85. The molecule has 0 amide bonds. The van der Waals surface area contributed by atoms with Gasteiger partial charge in [-0.3, -0.25) is 0 Å². The molecule has 1 aromatic heterocycles. The third-order valence-corrected chi connectivity index (χ3v) is 3.72. The zero-order valence-corrected chi connectivity index (χ0v) is 15.6. The second-order valence-electron chi connectivity index (χ2n) is 4.99. The summed E-state index contributed by atoms with van der Waals surface area (Å²) in [6, 6.07) is 15.8. The van der Waals surface area contributed by atoms with E-state index in [1.165, 1.54) is 0 Å². The second kappa shape index (κ2) is 7.54. The Balaban J connectivity index is 0.00000192. The Labute approximate surface area is 152 Å². The Hall–Kier alpha value is -1.96. The summed E-state index contributed by atoms with van der Waals surface area (Å²) in [7, 11) is 3.66. The minimum absolute atomic E-state index is 0. The number of hydrogen-bond acceptors (Lipinski definition) is 3. The van der Waals surface area contributed by atoms with Crippen molar-refractivity contribution in [3.05, 3.63) is 48.5 Å². The lowest BCUT2D eigenvalue weighted by Crippen LogP contribution is -3.00. The van der Waals surface area contributed by atoms with Gasteiger partial charge in [0.2, 0.25) is 0 Å². The number of nitrogens with zero attached hydrogens (tertiary/aromatic N) is 4. The van der Waals surface area contributed by atoms with Crippen molar-refractivity contribution in [1.29, 1.82) is 0 Å². The molecule has 5 nitrogen and oxygen atoms in total. The van der Waals surface area contributed by atoms with Crippen LogP contribution in [0.1, 0.15) is 6.92 Å². The summed E-state index contributed by atoms with van der Waals surface area (Å²) in [6.45, 7) is 2.96. The van der Waals surface area contributed by atoms with Crippen LogP contribution >= 0.6 is 0 Å². The van der Waals surface area contributed by atoms with E-state index in [1.807, 2.05) is 43.4 Å². The number of fused-ring (bicyclic) bond motifs is 1. The van der Waals surface area contributed by atoms with Crippen LogP contribution in [0.3, 0.4) is 0 Å². The van der Waals surface area contributed by atoms with E-state index in [-0.39, 0.29) is 24.0 Å². The van der Waals surface area contributed by atoms with E-state index in [1.54, 1.807) is 7.11 Å². The molecule has 0 radical (unpaired) electrons. The molecular weight excluding hydrogens is 403 g/mol. The molecule has 0 spiro atoms. The molecule has 0 atom stereocenters. The number of halogens is 1. The third kappa shape index (κ3) is 3.36. The summed E-state index contributed by atoms with van der Waals surface area (Å²) in [5.41, 5.74) is 3.11. The molecule has 0 aliphatic carbocycles. The summed E-state index contributed by atoms with van der Waals surface area (Å²) < 4.78 is 9.36. The van der Waals surface area contributed by atoms with Crippen LogP contribution in [0.4, 0.5) is 11.6 Å². The lowest BCUT2D eigenvalue weighted by molar-refractivity contribution is -0.632. The van der Waals surface area contributed by atoms with Gasteiger partial charge in [-0.05, 0) is 43.3 Å². The highest BCUT2D eigenvalue weighted by atomic mass is 127. The SMILES string of the molecule is CCn1c(N=Nc2ccc(OC)cc2)[n+](C)c2ccccc21.[I-]. The molecule has 0 saturated carbocycles. The second-order valence-corrected chi connectivity index (χ2v) is 4.99. The Morgan fingerprint density at radius 3 is 2.39 bits per heavy atom. The van der Waals surface area contributed by atoms with Gasteiger partial charge in [0.1, 0.15) is 22.5 Å². The number of rotatable bonds is 4. The summed E-state index contributed by atoms with van der Waals surface area (Å²) in [6.07, 6.45) is 0. The van der Waals surface area contributed by atoms with Gasteiger partial charge >= 0.3 is 5.95 Å². The molecule has 0 saturated heterocycles. The van der Waals surface area contributed by atoms with Gasteiger partial charge in [0.15, 0.2) is 0 Å². The van der Waals surface area contributed by atoms with E-state index in [9.17, 15) is 0 Å². The normalized spacial score (nSPS) is 10.9. The third-order valence-electron chi connectivity index (χ3n) is 3.72. The standard InChI is InChI=1S/C17H19N4O.HI/c1-4-21-16-8-6-5-7-15(16)20(2)17(21)19-18-13-9-11-14(22-3)12-10-13;/h5-12H,4H2,1-3H3;1H/q+1;/p-1. The largest absolute Gasteiger partial charge is 1.00 e. The zero-order valence-electron chi connectivity index (χ0n) is 13.4. The van der Waals surface area contributed by atoms with Crippen LogP contribution in [0.5, 0.6) is 5.75 Å². The molecule has 120 valence electrons. The van der Waals surface area contributed by atoms with Gasteiger partial charge in [0.05, 0.1) is 20.7 Å². The number of ether oxygens (including phenoxy) is 1. The predicted octanol–water partition coefficient (Wildman–Crippen LogP) is 0.914. The maximum Gasteiger partial charge on any atom is 0.422 e. The Morgan fingerprint density at radius 2 is 1.74 bits per heavy atom. The number of methoxy groups -OCH3 is 1. The maximum absolute atomic E-state index is 5.15. The van der Waals surface area contributed by atoms with Gasteiger partial charge in [0.25, 0.3) is 0 Å². The molecule has 6 heteroatoms. The first-order valence-electron chi connectivity index (χ1n) is 7.27. The highest BCUT2D eigenvalue weighted by Crippen LogP contribution is 2.23. The molecule has 2 aromatic carbocycles. The van der Waals surface area contributed by atoms with E-state index in [0.717, 1.165) is 35.0 Å². The summed E-state index contributed by atoms with van der Waals surface area (Å²) >= 11 is 0. The Morgan fingerprint density at radius 1 is 1.04 bits per heavy atom. The Bertz CT molecular complexity index is 824. The average molecular weight is 422 g/mol. The fourth-order valence-corrected chi connectivity index (χ4v) is 2.56. The highest BCUT2D eigenvalue weighted by Gasteiger charge is 2.20. The highest BCUT2D eigenvalue weighted by molar-refractivity contribution is 5.73. The van der Waals surface area contributed by atoms with Gasteiger partial charge in [0, 0.05) is 5.11 Å². The molecular formula is C17H19IN4O. The maximum atomic E-state index is 5.15. The van der Waals surface area contributed by atoms with Gasteiger partial charge in [-0.2, -0.15) is 0 Å². The van der Waals surface area contributed by atoms with Crippen molar-refractivity contribution in [2.75, 3.05) is 7.11 Å². The molecule has 3 rings (SSSR count). The molecule has 0 aliphatic rings.